The van der Waals surface area contributed by atoms with E-state index in [1.165, 1.54) is 6.07 Å². The van der Waals surface area contributed by atoms with E-state index >= 15 is 0 Å². The molecule has 2 N–H and O–H groups in total. The number of rotatable bonds is 2. The van der Waals surface area contributed by atoms with E-state index in [0.29, 0.717) is 16.4 Å². The van der Waals surface area contributed by atoms with Gasteiger partial charge in [0, 0.05) is 0 Å². The van der Waals surface area contributed by atoms with E-state index in [4.69, 9.17) is 28.3 Å². The molecule has 17 heavy (non-hydrogen) atoms. The second-order valence-electron chi connectivity index (χ2n) is 3.51. The molecule has 1 aromatic carbocycles. The van der Waals surface area contributed by atoms with Crippen LogP contribution in [0.4, 0.5) is 11.4 Å². The average Bonchev–Trinajstić information content (AvgIpc) is 2.25. The van der Waals surface area contributed by atoms with Gasteiger partial charge in [-0.2, -0.15) is 0 Å². The molecule has 0 saturated carbocycles. The predicted molar refractivity (Wildman–Crippen MR) is 64.9 cm³/mol. The number of benzene rings is 1. The molecule has 0 saturated heterocycles. The summed E-state index contributed by atoms with van der Waals surface area (Å²) in [4.78, 5) is 23.5. The molecule has 5 nitrogen and oxygen atoms in total. The van der Waals surface area contributed by atoms with Crippen LogP contribution >= 0.6 is 23.2 Å². The number of halogens is 2. The highest BCUT2D eigenvalue weighted by atomic mass is 35.5. The molecule has 0 aliphatic carbocycles. The lowest BCUT2D eigenvalue weighted by Gasteiger charge is -2.29. The van der Waals surface area contributed by atoms with E-state index in [2.05, 4.69) is 5.32 Å². The maximum absolute atomic E-state index is 11.6. The quantitative estimate of drug-likeness (QED) is 0.864. The Morgan fingerprint density at radius 3 is 2.71 bits per heavy atom. The summed E-state index contributed by atoms with van der Waals surface area (Å²) in [5, 5.41) is 12.2. The first-order valence-corrected chi connectivity index (χ1v) is 5.49. The topological polar surface area (TPSA) is 69.6 Å². The van der Waals surface area contributed by atoms with E-state index in [9.17, 15) is 9.59 Å². The number of carboxylic acid groups (broad SMARTS) is 1. The van der Waals surface area contributed by atoms with Crippen LogP contribution in [-0.2, 0) is 9.59 Å². The smallest absolute Gasteiger partial charge is 0.323 e. The summed E-state index contributed by atoms with van der Waals surface area (Å²) >= 11 is 11.7. The van der Waals surface area contributed by atoms with E-state index < -0.39 is 12.5 Å². The normalized spacial score (nSPS) is 14.2. The fourth-order valence-electron chi connectivity index (χ4n) is 1.61. The van der Waals surface area contributed by atoms with Gasteiger partial charge in [0.1, 0.15) is 6.54 Å². The highest BCUT2D eigenvalue weighted by molar-refractivity contribution is 6.42. The van der Waals surface area contributed by atoms with Crippen molar-refractivity contribution in [1.82, 2.24) is 0 Å². The van der Waals surface area contributed by atoms with Crippen molar-refractivity contribution in [2.24, 2.45) is 0 Å². The van der Waals surface area contributed by atoms with Crippen LogP contribution in [0.3, 0.4) is 0 Å². The molecule has 0 atom stereocenters. The molecule has 1 heterocycles. The van der Waals surface area contributed by atoms with Gasteiger partial charge in [-0.05, 0) is 12.1 Å². The molecule has 1 aliphatic heterocycles. The van der Waals surface area contributed by atoms with E-state index in [0.717, 1.165) is 4.90 Å². The minimum Gasteiger partial charge on any atom is -0.480 e. The molecule has 90 valence electrons. The predicted octanol–water partition coefficient (Wildman–Crippen LogP) is 1.84. The first-order chi connectivity index (χ1) is 7.99. The van der Waals surface area contributed by atoms with E-state index in [1.807, 2.05) is 0 Å². The van der Waals surface area contributed by atoms with Gasteiger partial charge in [0.15, 0.2) is 0 Å². The second kappa shape index (κ2) is 4.43. The van der Waals surface area contributed by atoms with Crippen molar-refractivity contribution in [2.45, 2.75) is 0 Å². The summed E-state index contributed by atoms with van der Waals surface area (Å²) in [6.45, 7) is -0.357. The maximum Gasteiger partial charge on any atom is 0.323 e. The third kappa shape index (κ3) is 2.30. The Labute approximate surface area is 107 Å². The van der Waals surface area contributed by atoms with Crippen molar-refractivity contribution in [1.29, 1.82) is 0 Å². The fourth-order valence-corrected chi connectivity index (χ4v) is 1.93. The van der Waals surface area contributed by atoms with Crippen LogP contribution in [0, 0.1) is 0 Å². The standard InChI is InChI=1S/C10H8Cl2N2O3/c11-5-1-7-8(2-6(5)12)14(4-10(16)17)9(15)3-13-7/h1-2,13H,3-4H2,(H,16,17). The molecular weight excluding hydrogens is 267 g/mol. The van der Waals surface area contributed by atoms with Gasteiger partial charge in [-0.1, -0.05) is 23.2 Å². The summed E-state index contributed by atoms with van der Waals surface area (Å²) < 4.78 is 0. The van der Waals surface area contributed by atoms with Crippen molar-refractivity contribution < 1.29 is 14.7 Å². The Morgan fingerprint density at radius 1 is 1.41 bits per heavy atom. The number of nitrogens with one attached hydrogen (secondary N) is 1. The SMILES string of the molecule is O=C(O)CN1C(=O)CNc2cc(Cl)c(Cl)cc21. The largest absolute Gasteiger partial charge is 0.480 e. The van der Waals surface area contributed by atoms with Crippen LogP contribution in [0.1, 0.15) is 0 Å². The third-order valence-corrected chi connectivity index (χ3v) is 3.08. The molecule has 0 fully saturated rings. The summed E-state index contributed by atoms with van der Waals surface area (Å²) in [6, 6.07) is 3.05. The molecule has 0 bridgehead atoms. The van der Waals surface area contributed by atoms with E-state index in [-0.39, 0.29) is 17.5 Å². The van der Waals surface area contributed by atoms with Crippen LogP contribution in [0.15, 0.2) is 12.1 Å². The molecular formula is C10H8Cl2N2O3. The van der Waals surface area contributed by atoms with Crippen molar-refractivity contribution in [3.63, 3.8) is 0 Å². The van der Waals surface area contributed by atoms with Gasteiger partial charge in [-0.3, -0.25) is 14.5 Å². The first-order valence-electron chi connectivity index (χ1n) is 4.74. The fraction of sp³-hybridized carbons (Fsp3) is 0.200. The number of aliphatic carboxylic acids is 1. The number of amides is 1. The molecule has 2 rings (SSSR count). The minimum absolute atomic E-state index is 0.0399. The summed E-state index contributed by atoms with van der Waals surface area (Å²) in [5.74, 6) is -1.41. The zero-order valence-electron chi connectivity index (χ0n) is 8.54. The van der Waals surface area contributed by atoms with Gasteiger partial charge in [0.2, 0.25) is 5.91 Å². The molecule has 1 aromatic rings. The molecule has 1 amide bonds. The summed E-state index contributed by atoms with van der Waals surface area (Å²) in [5.41, 5.74) is 1.03. The molecule has 0 aromatic heterocycles. The number of nitrogens with zero attached hydrogens (tertiary/aromatic N) is 1. The Morgan fingerprint density at radius 2 is 2.06 bits per heavy atom. The molecule has 0 spiro atoms. The third-order valence-electron chi connectivity index (χ3n) is 2.35. The number of hydrogen-bond acceptors (Lipinski definition) is 3. The highest BCUT2D eigenvalue weighted by Crippen LogP contribution is 2.36. The van der Waals surface area contributed by atoms with Gasteiger partial charge in [0.05, 0.1) is 28.0 Å². The Hall–Kier alpha value is -1.46. The zero-order valence-corrected chi connectivity index (χ0v) is 10.0. The average molecular weight is 275 g/mol. The highest BCUT2D eigenvalue weighted by Gasteiger charge is 2.26. The van der Waals surface area contributed by atoms with Gasteiger partial charge in [-0.15, -0.1) is 0 Å². The molecule has 0 unspecified atom stereocenters. The summed E-state index contributed by atoms with van der Waals surface area (Å²) in [6.07, 6.45) is 0. The lowest BCUT2D eigenvalue weighted by atomic mass is 10.2. The lowest BCUT2D eigenvalue weighted by Crippen LogP contribution is -2.42. The van der Waals surface area contributed by atoms with Gasteiger partial charge >= 0.3 is 5.97 Å². The molecule has 0 radical (unpaired) electrons. The van der Waals surface area contributed by atoms with E-state index in [1.54, 1.807) is 6.07 Å². The number of anilines is 2. The minimum atomic E-state index is -1.09. The lowest BCUT2D eigenvalue weighted by molar-refractivity contribution is -0.136. The van der Waals surface area contributed by atoms with Crippen LogP contribution < -0.4 is 10.2 Å². The first kappa shape index (κ1) is 12.0. The number of fused-ring (bicyclic) bond motifs is 1. The molecule has 1 aliphatic rings. The number of carboxylic acids is 1. The van der Waals surface area contributed by atoms with Crippen LogP contribution in [0.2, 0.25) is 10.0 Å². The Kier molecular flexibility index (Phi) is 3.13. The van der Waals surface area contributed by atoms with Crippen LogP contribution in [0.5, 0.6) is 0 Å². The van der Waals surface area contributed by atoms with Gasteiger partial charge < -0.3 is 10.4 Å². The van der Waals surface area contributed by atoms with Crippen molar-refractivity contribution in [3.8, 4) is 0 Å². The number of carbonyl (C=O) groups excluding carboxylic acids is 1. The summed E-state index contributed by atoms with van der Waals surface area (Å²) in [7, 11) is 0. The Bertz CT molecular complexity index is 505. The number of carbonyl (C=O) groups is 2. The monoisotopic (exact) mass is 274 g/mol. The van der Waals surface area contributed by atoms with Gasteiger partial charge in [0.25, 0.3) is 0 Å². The number of hydrogen-bond donors (Lipinski definition) is 2. The van der Waals surface area contributed by atoms with Crippen LogP contribution in [0.25, 0.3) is 0 Å². The van der Waals surface area contributed by atoms with Crippen molar-refractivity contribution in [2.75, 3.05) is 23.3 Å². The van der Waals surface area contributed by atoms with Gasteiger partial charge in [-0.25, -0.2) is 0 Å². The molecule has 7 heteroatoms. The van der Waals surface area contributed by atoms with Crippen LogP contribution in [-0.4, -0.2) is 30.1 Å². The second-order valence-corrected chi connectivity index (χ2v) is 4.33. The zero-order chi connectivity index (χ0) is 12.6. The van der Waals surface area contributed by atoms with Crippen molar-refractivity contribution in [3.05, 3.63) is 22.2 Å². The maximum atomic E-state index is 11.6. The van der Waals surface area contributed by atoms with Crippen molar-refractivity contribution >= 4 is 46.5 Å². The Balaban J connectivity index is 2.47.